The molecule has 0 spiro atoms. The van der Waals surface area contributed by atoms with Crippen molar-refractivity contribution in [3.8, 4) is 0 Å². The van der Waals surface area contributed by atoms with Crippen molar-refractivity contribution in [1.29, 1.82) is 0 Å². The molecule has 0 aromatic rings. The predicted molar refractivity (Wildman–Crippen MR) is 108 cm³/mol. The number of allylic oxidation sites excluding steroid dienone is 4. The van der Waals surface area contributed by atoms with Crippen LogP contribution in [0.3, 0.4) is 0 Å². The maximum atomic E-state index is 11.5. The number of alkyl halides is 1. The summed E-state index contributed by atoms with van der Waals surface area (Å²) >= 11 is 5.63. The lowest BCUT2D eigenvalue weighted by atomic mass is 10.1. The second-order valence-corrected chi connectivity index (χ2v) is 7.00. The first-order chi connectivity index (χ1) is 12.6. The van der Waals surface area contributed by atoms with E-state index in [0.717, 1.165) is 38.5 Å². The fourth-order valence-corrected chi connectivity index (χ4v) is 2.61. The third-order valence-electron chi connectivity index (χ3n) is 4.07. The van der Waals surface area contributed by atoms with Crippen LogP contribution < -0.4 is 0 Å². The molecule has 0 bridgehead atoms. The van der Waals surface area contributed by atoms with Crippen molar-refractivity contribution in [3.63, 3.8) is 0 Å². The fraction of sp³-hybridized carbons (Fsp3) is 0.762. The smallest absolute Gasteiger partial charge is 0.307 e. The molecule has 2 atom stereocenters. The summed E-state index contributed by atoms with van der Waals surface area (Å²) in [4.78, 5) is 11.5. The van der Waals surface area contributed by atoms with Crippen molar-refractivity contribution in [2.24, 2.45) is 0 Å². The van der Waals surface area contributed by atoms with Gasteiger partial charge in [0.25, 0.3) is 0 Å². The number of aliphatic hydroxyl groups is 2. The highest BCUT2D eigenvalue weighted by molar-refractivity contribution is 6.20. The van der Waals surface area contributed by atoms with E-state index in [-0.39, 0.29) is 0 Å². The van der Waals surface area contributed by atoms with Crippen LogP contribution >= 0.6 is 11.6 Å². The van der Waals surface area contributed by atoms with Gasteiger partial charge in [0.1, 0.15) is 6.10 Å². The first kappa shape index (κ1) is 25.2. The number of unbranched alkanes of at least 4 members (excludes halogenated alkanes) is 8. The highest BCUT2D eigenvalue weighted by Crippen LogP contribution is 2.11. The zero-order chi connectivity index (χ0) is 19.5. The maximum absolute atomic E-state index is 11.5. The molecule has 0 aliphatic heterocycles. The molecule has 4 nitrogen and oxygen atoms in total. The molecule has 2 unspecified atom stereocenters. The van der Waals surface area contributed by atoms with Gasteiger partial charge in [-0.2, -0.15) is 0 Å². The lowest BCUT2D eigenvalue weighted by Gasteiger charge is -2.15. The molecule has 0 aromatic heterocycles. The fourth-order valence-electron chi connectivity index (χ4n) is 2.43. The number of esters is 1. The van der Waals surface area contributed by atoms with E-state index in [9.17, 15) is 9.90 Å². The third kappa shape index (κ3) is 16.6. The number of hydrogen-bond acceptors (Lipinski definition) is 4. The largest absolute Gasteiger partial charge is 0.443 e. The summed E-state index contributed by atoms with van der Waals surface area (Å²) in [6, 6.07) is 0. The van der Waals surface area contributed by atoms with Crippen LogP contribution in [-0.4, -0.2) is 34.5 Å². The standard InChI is InChI=1S/C21H37ClO4/c1-2-3-4-5-6-7-8-9-10-11-12-13-14-15-16-17-20(25)26-21(22)19(24)18-23/h6-7,9-10,19,21,23-24H,2-5,8,11-18H2,1H3. The Kier molecular flexibility index (Phi) is 18.3. The number of carbonyl (C=O) groups excluding carboxylic acids is 1. The molecular formula is C21H37ClO4. The van der Waals surface area contributed by atoms with Gasteiger partial charge in [0, 0.05) is 6.42 Å². The third-order valence-corrected chi connectivity index (χ3v) is 4.45. The second kappa shape index (κ2) is 18.9. The maximum Gasteiger partial charge on any atom is 0.307 e. The van der Waals surface area contributed by atoms with Gasteiger partial charge >= 0.3 is 5.97 Å². The Morgan fingerprint density at radius 3 is 2.15 bits per heavy atom. The molecule has 2 N–H and O–H groups in total. The summed E-state index contributed by atoms with van der Waals surface area (Å²) in [6.07, 6.45) is 20.5. The van der Waals surface area contributed by atoms with E-state index in [1.807, 2.05) is 0 Å². The lowest BCUT2D eigenvalue weighted by molar-refractivity contribution is -0.150. The Morgan fingerprint density at radius 2 is 1.54 bits per heavy atom. The van der Waals surface area contributed by atoms with Crippen LogP contribution in [0.5, 0.6) is 0 Å². The van der Waals surface area contributed by atoms with Gasteiger partial charge in [-0.25, -0.2) is 0 Å². The zero-order valence-electron chi connectivity index (χ0n) is 16.2. The minimum absolute atomic E-state index is 0.297. The quantitative estimate of drug-likeness (QED) is 0.154. The summed E-state index contributed by atoms with van der Waals surface area (Å²) in [5.41, 5.74) is -1.18. The van der Waals surface area contributed by atoms with Crippen LogP contribution in [0.4, 0.5) is 0 Å². The lowest BCUT2D eigenvalue weighted by Crippen LogP contribution is -2.29. The van der Waals surface area contributed by atoms with E-state index in [0.29, 0.717) is 6.42 Å². The van der Waals surface area contributed by atoms with Gasteiger partial charge in [-0.05, 0) is 38.5 Å². The summed E-state index contributed by atoms with van der Waals surface area (Å²) in [5, 5.41) is 17.9. The van der Waals surface area contributed by atoms with Gasteiger partial charge in [0.05, 0.1) is 6.61 Å². The van der Waals surface area contributed by atoms with Crippen molar-refractivity contribution in [1.82, 2.24) is 0 Å². The van der Waals surface area contributed by atoms with Crippen molar-refractivity contribution < 1.29 is 19.7 Å². The average molecular weight is 389 g/mol. The number of hydrogen-bond donors (Lipinski definition) is 2. The Hall–Kier alpha value is -0.840. The van der Waals surface area contributed by atoms with E-state index in [1.165, 1.54) is 32.1 Å². The van der Waals surface area contributed by atoms with E-state index < -0.39 is 24.2 Å². The van der Waals surface area contributed by atoms with Gasteiger partial charge in [-0.15, -0.1) is 0 Å². The summed E-state index contributed by atoms with van der Waals surface area (Å²) in [7, 11) is 0. The number of ether oxygens (including phenoxy) is 1. The van der Waals surface area contributed by atoms with Crippen LogP contribution in [-0.2, 0) is 9.53 Å². The van der Waals surface area contributed by atoms with Gasteiger partial charge < -0.3 is 14.9 Å². The summed E-state index contributed by atoms with van der Waals surface area (Å²) < 4.78 is 4.82. The van der Waals surface area contributed by atoms with E-state index >= 15 is 0 Å². The minimum atomic E-state index is -1.23. The predicted octanol–water partition coefficient (Wildman–Crippen LogP) is 5.26. The van der Waals surface area contributed by atoms with Crippen molar-refractivity contribution >= 4 is 17.6 Å². The van der Waals surface area contributed by atoms with E-state index in [2.05, 4.69) is 31.2 Å². The van der Waals surface area contributed by atoms with Gasteiger partial charge in [-0.3, -0.25) is 4.79 Å². The highest BCUT2D eigenvalue weighted by Gasteiger charge is 2.19. The van der Waals surface area contributed by atoms with Crippen LogP contribution in [0.2, 0.25) is 0 Å². The van der Waals surface area contributed by atoms with Crippen LogP contribution in [0.25, 0.3) is 0 Å². The monoisotopic (exact) mass is 388 g/mol. The minimum Gasteiger partial charge on any atom is -0.443 e. The Bertz CT molecular complexity index is 382. The molecule has 5 heteroatoms. The highest BCUT2D eigenvalue weighted by atomic mass is 35.5. The molecule has 0 rings (SSSR count). The second-order valence-electron chi connectivity index (χ2n) is 6.57. The van der Waals surface area contributed by atoms with Crippen molar-refractivity contribution in [3.05, 3.63) is 24.3 Å². The molecule has 0 radical (unpaired) electrons. The van der Waals surface area contributed by atoms with Crippen molar-refractivity contribution in [2.45, 2.75) is 95.6 Å². The number of aliphatic hydroxyl groups excluding tert-OH is 2. The Balaban J connectivity index is 3.40. The molecule has 0 heterocycles. The molecule has 0 amide bonds. The molecule has 0 fully saturated rings. The number of halogens is 1. The molecule has 0 saturated heterocycles. The van der Waals surface area contributed by atoms with Crippen LogP contribution in [0.15, 0.2) is 24.3 Å². The molecule has 0 aliphatic carbocycles. The number of carbonyl (C=O) groups is 1. The Labute approximate surface area is 164 Å². The topological polar surface area (TPSA) is 66.8 Å². The van der Waals surface area contributed by atoms with E-state index in [4.69, 9.17) is 21.4 Å². The van der Waals surface area contributed by atoms with E-state index in [1.54, 1.807) is 0 Å². The first-order valence-corrected chi connectivity index (χ1v) is 10.5. The number of rotatable bonds is 17. The SMILES string of the molecule is CCCCCC=CCC=CCCCCCCCC(=O)OC(Cl)C(O)CO. The molecule has 152 valence electrons. The van der Waals surface area contributed by atoms with Gasteiger partial charge in [0.2, 0.25) is 5.56 Å². The van der Waals surface area contributed by atoms with Crippen LogP contribution in [0.1, 0.15) is 84.0 Å². The molecular weight excluding hydrogens is 352 g/mol. The van der Waals surface area contributed by atoms with Gasteiger partial charge in [0.15, 0.2) is 0 Å². The Morgan fingerprint density at radius 1 is 0.962 bits per heavy atom. The zero-order valence-corrected chi connectivity index (χ0v) is 17.0. The van der Waals surface area contributed by atoms with Crippen molar-refractivity contribution in [2.75, 3.05) is 6.61 Å². The van der Waals surface area contributed by atoms with Crippen LogP contribution in [0, 0.1) is 0 Å². The summed E-state index contributed by atoms with van der Waals surface area (Å²) in [6.45, 7) is 1.70. The normalized spacial score (nSPS) is 14.2. The first-order valence-electron chi connectivity index (χ1n) is 10.0. The molecule has 26 heavy (non-hydrogen) atoms. The van der Waals surface area contributed by atoms with Gasteiger partial charge in [-0.1, -0.05) is 74.9 Å². The molecule has 0 aliphatic rings. The average Bonchev–Trinajstić information content (AvgIpc) is 2.64. The molecule has 0 saturated carbocycles. The molecule has 0 aromatic carbocycles. The summed E-state index contributed by atoms with van der Waals surface area (Å²) in [5.74, 6) is -0.428.